The van der Waals surface area contributed by atoms with Crippen LogP contribution in [0.15, 0.2) is 24.3 Å². The van der Waals surface area contributed by atoms with Gasteiger partial charge in [-0.15, -0.1) is 0 Å². The molecule has 3 N–H and O–H groups in total. The smallest absolute Gasteiger partial charge is 0.343 e. The van der Waals surface area contributed by atoms with Crippen molar-refractivity contribution in [3.63, 3.8) is 0 Å². The Bertz CT molecular complexity index is 1250. The topological polar surface area (TPSA) is 114 Å². The Labute approximate surface area is 218 Å². The largest absolute Gasteiger partial charge is 0.480 e. The second-order valence-electron chi connectivity index (χ2n) is 10.5. The molecule has 3 aromatic rings. The van der Waals surface area contributed by atoms with Gasteiger partial charge < -0.3 is 19.9 Å². The summed E-state index contributed by atoms with van der Waals surface area (Å²) in [6.07, 6.45) is 4.38. The molecule has 0 amide bonds. The summed E-state index contributed by atoms with van der Waals surface area (Å²) in [5.41, 5.74) is 3.58. The number of aryl methyl sites for hydroxylation is 3. The molecule has 1 heterocycles. The average Bonchev–Trinajstić information content (AvgIpc) is 3.21. The lowest BCUT2D eigenvalue weighted by atomic mass is 10.0. The van der Waals surface area contributed by atoms with E-state index in [-0.39, 0.29) is 0 Å². The fourth-order valence-electron chi connectivity index (χ4n) is 4.35. The van der Waals surface area contributed by atoms with Gasteiger partial charge in [-0.05, 0) is 89.3 Å². The first-order valence-corrected chi connectivity index (χ1v) is 13.0. The van der Waals surface area contributed by atoms with Crippen molar-refractivity contribution in [2.75, 3.05) is 5.32 Å². The van der Waals surface area contributed by atoms with E-state index in [0.29, 0.717) is 34.7 Å². The first-order chi connectivity index (χ1) is 17.4. The number of ether oxygens (including phenoxy) is 2. The zero-order chi connectivity index (χ0) is 27.3. The van der Waals surface area contributed by atoms with Crippen molar-refractivity contribution < 1.29 is 24.2 Å². The fourth-order valence-corrected chi connectivity index (χ4v) is 4.35. The maximum absolute atomic E-state index is 13.5. The number of hydrogen-bond donors (Lipinski definition) is 3. The normalized spacial score (nSPS) is 12.4. The number of nitrogens with one attached hydrogen (secondary N) is 2. The number of hydrogen-bond acceptors (Lipinski definition) is 6. The van der Waals surface area contributed by atoms with E-state index in [1.807, 2.05) is 59.7 Å². The summed E-state index contributed by atoms with van der Waals surface area (Å²) in [7, 11) is 0. The minimum atomic E-state index is -0.900. The molecule has 2 aromatic carbocycles. The lowest BCUT2D eigenvalue weighted by Gasteiger charge is -2.22. The van der Waals surface area contributed by atoms with E-state index in [9.17, 15) is 14.7 Å². The second-order valence-corrected chi connectivity index (χ2v) is 10.5. The van der Waals surface area contributed by atoms with Crippen molar-refractivity contribution >= 4 is 28.5 Å². The quantitative estimate of drug-likeness (QED) is 0.190. The van der Waals surface area contributed by atoms with E-state index in [4.69, 9.17) is 9.47 Å². The number of nitrogens with zero attached hydrogens (tertiary/aromatic N) is 1. The number of esters is 1. The molecule has 0 bridgehead atoms. The third-order valence-corrected chi connectivity index (χ3v) is 6.11. The van der Waals surface area contributed by atoms with Gasteiger partial charge >= 0.3 is 11.9 Å². The number of carboxylic acids is 1. The molecular weight excluding hydrogens is 470 g/mol. The molecule has 0 saturated carbocycles. The molecule has 200 valence electrons. The molecule has 1 atom stereocenters. The Hall–Kier alpha value is -3.55. The van der Waals surface area contributed by atoms with Crippen LogP contribution < -0.4 is 10.1 Å². The number of carboxylic acid groups (broad SMARTS) is 1. The number of carbonyl (C=O) groups excluding carboxylic acids is 1. The summed E-state index contributed by atoms with van der Waals surface area (Å²) < 4.78 is 12.2. The second kappa shape index (κ2) is 11.7. The molecular formula is C29H39N3O5. The number of H-pyrrole nitrogens is 1. The van der Waals surface area contributed by atoms with Crippen LogP contribution in [-0.2, 0) is 16.0 Å². The third-order valence-electron chi connectivity index (χ3n) is 6.11. The van der Waals surface area contributed by atoms with Gasteiger partial charge in [0, 0.05) is 16.8 Å². The number of anilines is 1. The molecule has 8 nitrogen and oxygen atoms in total. The lowest BCUT2D eigenvalue weighted by Crippen LogP contribution is -2.28. The van der Waals surface area contributed by atoms with Crippen LogP contribution in [0.4, 0.5) is 5.69 Å². The number of aliphatic carboxylic acids is 1. The van der Waals surface area contributed by atoms with Crippen molar-refractivity contribution in [1.29, 1.82) is 0 Å². The Balaban J connectivity index is 2.07. The highest BCUT2D eigenvalue weighted by molar-refractivity contribution is 6.07. The van der Waals surface area contributed by atoms with Gasteiger partial charge in [-0.25, -0.2) is 9.59 Å². The summed E-state index contributed by atoms with van der Waals surface area (Å²) in [6, 6.07) is 6.62. The summed E-state index contributed by atoms with van der Waals surface area (Å²) in [5, 5.41) is 20.8. The van der Waals surface area contributed by atoms with Gasteiger partial charge in [-0.2, -0.15) is 5.10 Å². The van der Waals surface area contributed by atoms with Gasteiger partial charge in [0.05, 0.1) is 5.52 Å². The van der Waals surface area contributed by atoms with Crippen molar-refractivity contribution in [1.82, 2.24) is 10.2 Å². The molecule has 3 rings (SSSR count). The van der Waals surface area contributed by atoms with E-state index in [1.165, 1.54) is 0 Å². The minimum Gasteiger partial charge on any atom is -0.480 e. The molecule has 0 fully saturated rings. The Kier molecular flexibility index (Phi) is 8.84. The van der Waals surface area contributed by atoms with Crippen LogP contribution in [0.1, 0.15) is 87.5 Å². The first kappa shape index (κ1) is 28.0. The summed E-state index contributed by atoms with van der Waals surface area (Å²) in [6.45, 7) is 13.3. The molecule has 0 saturated heterocycles. The number of aromatic nitrogens is 2. The van der Waals surface area contributed by atoms with Gasteiger partial charge in [-0.1, -0.05) is 26.7 Å². The van der Waals surface area contributed by atoms with Gasteiger partial charge in [-0.3, -0.25) is 5.10 Å². The summed E-state index contributed by atoms with van der Waals surface area (Å²) in [5.74, 6) is -0.367. The van der Waals surface area contributed by atoms with E-state index < -0.39 is 23.6 Å². The van der Waals surface area contributed by atoms with Crippen molar-refractivity contribution in [3.05, 3.63) is 46.6 Å². The molecule has 37 heavy (non-hydrogen) atoms. The van der Waals surface area contributed by atoms with Crippen molar-refractivity contribution in [2.45, 2.75) is 92.2 Å². The van der Waals surface area contributed by atoms with Crippen molar-refractivity contribution in [2.24, 2.45) is 0 Å². The van der Waals surface area contributed by atoms with Gasteiger partial charge in [0.1, 0.15) is 28.7 Å². The van der Waals surface area contributed by atoms with Crippen LogP contribution in [0.5, 0.6) is 11.5 Å². The highest BCUT2D eigenvalue weighted by Crippen LogP contribution is 2.38. The van der Waals surface area contributed by atoms with Crippen molar-refractivity contribution in [3.8, 4) is 11.5 Å². The van der Waals surface area contributed by atoms with Gasteiger partial charge in [0.15, 0.2) is 0 Å². The molecule has 1 unspecified atom stereocenters. The number of fused-ring (bicyclic) bond motifs is 1. The predicted molar refractivity (Wildman–Crippen MR) is 146 cm³/mol. The molecule has 0 spiro atoms. The van der Waals surface area contributed by atoms with Crippen LogP contribution in [0.25, 0.3) is 10.9 Å². The first-order valence-electron chi connectivity index (χ1n) is 13.0. The SMILES string of the molecule is CCCCCc1[nH]nc2ccc(Oc3c(C)cc(NC(CC)C(=O)O)cc3C)c(C(=O)OC(C)(C)C)c12. The minimum absolute atomic E-state index is 0.352. The Morgan fingerprint density at radius 2 is 1.78 bits per heavy atom. The Morgan fingerprint density at radius 3 is 2.35 bits per heavy atom. The summed E-state index contributed by atoms with van der Waals surface area (Å²) >= 11 is 0. The van der Waals surface area contributed by atoms with Crippen LogP contribution in [0.2, 0.25) is 0 Å². The number of aromatic amines is 1. The maximum Gasteiger partial charge on any atom is 0.343 e. The molecule has 0 aliphatic carbocycles. The lowest BCUT2D eigenvalue weighted by molar-refractivity contribution is -0.137. The molecule has 8 heteroatoms. The van der Waals surface area contributed by atoms with E-state index in [1.54, 1.807) is 6.07 Å². The number of unbranched alkanes of at least 4 members (excludes halogenated alkanes) is 2. The van der Waals surface area contributed by atoms with Crippen LogP contribution in [0.3, 0.4) is 0 Å². The maximum atomic E-state index is 13.5. The average molecular weight is 510 g/mol. The summed E-state index contributed by atoms with van der Waals surface area (Å²) in [4.78, 5) is 25.0. The van der Waals surface area contributed by atoms with Crippen LogP contribution in [-0.4, -0.2) is 38.9 Å². The molecule has 1 aromatic heterocycles. The fraction of sp³-hybridized carbons (Fsp3) is 0.483. The standard InChI is InChI=1S/C29H39N3O5/c1-8-10-11-12-21-24-22(32-31-21)13-14-23(25(24)28(35)37-29(5,6)7)36-26-17(3)15-19(16-18(26)4)30-20(9-2)27(33)34/h13-16,20,30H,8-12H2,1-7H3,(H,31,32)(H,33,34). The molecule has 0 aliphatic heterocycles. The third kappa shape index (κ3) is 6.81. The molecule has 0 aliphatic rings. The monoisotopic (exact) mass is 509 g/mol. The number of rotatable bonds is 11. The highest BCUT2D eigenvalue weighted by atomic mass is 16.6. The highest BCUT2D eigenvalue weighted by Gasteiger charge is 2.27. The molecule has 0 radical (unpaired) electrons. The predicted octanol–water partition coefficient (Wildman–Crippen LogP) is 6.94. The zero-order valence-corrected chi connectivity index (χ0v) is 22.9. The number of benzene rings is 2. The number of carbonyl (C=O) groups is 2. The van der Waals surface area contributed by atoms with Crippen LogP contribution in [0, 0.1) is 13.8 Å². The zero-order valence-electron chi connectivity index (χ0n) is 22.9. The van der Waals surface area contributed by atoms with Crippen LogP contribution >= 0.6 is 0 Å². The van der Waals surface area contributed by atoms with Gasteiger partial charge in [0.2, 0.25) is 0 Å². The van der Waals surface area contributed by atoms with E-state index >= 15 is 0 Å². The van der Waals surface area contributed by atoms with E-state index in [2.05, 4.69) is 22.4 Å². The van der Waals surface area contributed by atoms with E-state index in [0.717, 1.165) is 47.9 Å². The Morgan fingerprint density at radius 1 is 1.11 bits per heavy atom. The van der Waals surface area contributed by atoms with Gasteiger partial charge in [0.25, 0.3) is 0 Å².